The van der Waals surface area contributed by atoms with Gasteiger partial charge < -0.3 is 10.4 Å². The van der Waals surface area contributed by atoms with Crippen LogP contribution in [0, 0.1) is 0 Å². The average molecular weight is 370 g/mol. The van der Waals surface area contributed by atoms with Crippen LogP contribution in [0.5, 0.6) is 0 Å². The Morgan fingerprint density at radius 3 is 2.50 bits per heavy atom. The van der Waals surface area contributed by atoms with E-state index < -0.39 is 15.6 Å². The van der Waals surface area contributed by atoms with Gasteiger partial charge in [0.25, 0.3) is 0 Å². The van der Waals surface area contributed by atoms with Crippen LogP contribution in [0.4, 0.5) is 5.69 Å². The van der Waals surface area contributed by atoms with E-state index in [0.29, 0.717) is 18.0 Å². The third-order valence-corrected chi connectivity index (χ3v) is 7.44. The number of nitrogens with zero attached hydrogens (tertiary/aromatic N) is 2. The van der Waals surface area contributed by atoms with Crippen LogP contribution in [-0.4, -0.2) is 54.0 Å². The molecule has 2 aliphatic rings. The molecule has 2 N–H and O–H groups in total. The molecule has 1 unspecified atom stereocenters. The first-order valence-electron chi connectivity index (χ1n) is 8.14. The summed E-state index contributed by atoms with van der Waals surface area (Å²) in [6.45, 7) is 3.13. The number of aliphatic hydroxyl groups is 1. The summed E-state index contributed by atoms with van der Waals surface area (Å²) in [4.78, 5) is 4.80. The fraction of sp³-hybridized carbons (Fsp3) is 0.562. The Bertz CT molecular complexity index is 713. The number of anilines is 1. The maximum Gasteiger partial charge on any atom is 0.243 e. The summed E-state index contributed by atoms with van der Waals surface area (Å²) >= 11 is 1.55. The standard InChI is InChI=1S/C16H23N3O3S2/c1-16(11-20)12-23-15(18-16)17-13-5-7-14(8-6-13)24(21,22)19-9-3-2-4-10-19/h5-8,20H,2-4,9-12H2,1H3,(H,17,18). The van der Waals surface area contributed by atoms with Crippen molar-refractivity contribution in [3.05, 3.63) is 24.3 Å². The van der Waals surface area contributed by atoms with E-state index in [1.165, 1.54) is 0 Å². The van der Waals surface area contributed by atoms with Gasteiger partial charge in [-0.1, -0.05) is 18.2 Å². The molecule has 1 atom stereocenters. The molecule has 0 radical (unpaired) electrons. The van der Waals surface area contributed by atoms with Gasteiger partial charge in [0.1, 0.15) is 0 Å². The molecule has 0 spiro atoms. The van der Waals surface area contributed by atoms with Crippen LogP contribution in [-0.2, 0) is 10.0 Å². The van der Waals surface area contributed by atoms with Gasteiger partial charge in [0, 0.05) is 24.5 Å². The molecule has 1 aromatic rings. The van der Waals surface area contributed by atoms with Crippen LogP contribution in [0.15, 0.2) is 34.2 Å². The molecule has 8 heteroatoms. The molecule has 0 saturated carbocycles. The molecule has 0 amide bonds. The highest BCUT2D eigenvalue weighted by atomic mass is 32.2. The summed E-state index contributed by atoms with van der Waals surface area (Å²) in [6.07, 6.45) is 2.96. The number of amidine groups is 1. The Morgan fingerprint density at radius 1 is 1.25 bits per heavy atom. The van der Waals surface area contributed by atoms with Crippen molar-refractivity contribution in [1.29, 1.82) is 0 Å². The lowest BCUT2D eigenvalue weighted by Crippen LogP contribution is -2.35. The van der Waals surface area contributed by atoms with E-state index in [1.807, 2.05) is 6.92 Å². The molecule has 3 rings (SSSR count). The summed E-state index contributed by atoms with van der Waals surface area (Å²) < 4.78 is 26.8. The summed E-state index contributed by atoms with van der Waals surface area (Å²) in [7, 11) is -3.39. The Labute approximate surface area is 147 Å². The minimum Gasteiger partial charge on any atom is -0.394 e. The number of nitrogens with one attached hydrogen (secondary N) is 1. The lowest BCUT2D eigenvalue weighted by atomic mass is 10.1. The maximum absolute atomic E-state index is 12.6. The zero-order valence-electron chi connectivity index (χ0n) is 13.7. The van der Waals surface area contributed by atoms with E-state index in [9.17, 15) is 13.5 Å². The number of aliphatic imine (C=N–C) groups is 1. The van der Waals surface area contributed by atoms with Crippen LogP contribution >= 0.6 is 11.8 Å². The maximum atomic E-state index is 12.6. The molecule has 24 heavy (non-hydrogen) atoms. The number of benzene rings is 1. The van der Waals surface area contributed by atoms with E-state index >= 15 is 0 Å². The Kier molecular flexibility index (Phi) is 5.19. The van der Waals surface area contributed by atoms with Crippen molar-refractivity contribution >= 4 is 32.6 Å². The second kappa shape index (κ2) is 7.03. The van der Waals surface area contributed by atoms with Gasteiger partial charge in [-0.25, -0.2) is 8.42 Å². The van der Waals surface area contributed by atoms with E-state index in [4.69, 9.17) is 0 Å². The van der Waals surface area contributed by atoms with Crippen LogP contribution in [0.3, 0.4) is 0 Å². The lowest BCUT2D eigenvalue weighted by molar-refractivity contribution is 0.227. The van der Waals surface area contributed by atoms with Gasteiger partial charge >= 0.3 is 0 Å². The zero-order valence-corrected chi connectivity index (χ0v) is 15.4. The van der Waals surface area contributed by atoms with E-state index in [1.54, 1.807) is 40.3 Å². The van der Waals surface area contributed by atoms with Crippen molar-refractivity contribution in [2.24, 2.45) is 4.99 Å². The van der Waals surface area contributed by atoms with Gasteiger partial charge in [-0.05, 0) is 44.0 Å². The Morgan fingerprint density at radius 2 is 1.92 bits per heavy atom. The Balaban J connectivity index is 1.71. The molecule has 1 saturated heterocycles. The van der Waals surface area contributed by atoms with Gasteiger partial charge in [0.15, 0.2) is 5.17 Å². The van der Waals surface area contributed by atoms with Crippen molar-refractivity contribution in [3.8, 4) is 0 Å². The molecule has 0 aromatic heterocycles. The number of hydrogen-bond acceptors (Lipinski definition) is 6. The zero-order chi connectivity index (χ0) is 17.2. The SMILES string of the molecule is CC1(CO)CSC(Nc2ccc(S(=O)(=O)N3CCCCC3)cc2)=N1. The molecule has 1 aromatic carbocycles. The minimum atomic E-state index is -3.39. The number of thioether (sulfide) groups is 1. The van der Waals surface area contributed by atoms with Crippen LogP contribution in [0.2, 0.25) is 0 Å². The lowest BCUT2D eigenvalue weighted by Gasteiger charge is -2.25. The third-order valence-electron chi connectivity index (χ3n) is 4.29. The summed E-state index contributed by atoms with van der Waals surface area (Å²) in [5.41, 5.74) is 0.353. The van der Waals surface area contributed by atoms with Crippen molar-refractivity contribution in [1.82, 2.24) is 4.31 Å². The normalized spacial score (nSPS) is 25.5. The quantitative estimate of drug-likeness (QED) is 0.850. The number of sulfonamides is 1. The van der Waals surface area contributed by atoms with Crippen LogP contribution < -0.4 is 5.32 Å². The second-order valence-corrected chi connectivity index (χ2v) is 9.38. The topological polar surface area (TPSA) is 82.0 Å². The number of piperidine rings is 1. The molecule has 132 valence electrons. The van der Waals surface area contributed by atoms with Crippen molar-refractivity contribution in [2.75, 3.05) is 30.8 Å². The molecular weight excluding hydrogens is 346 g/mol. The van der Waals surface area contributed by atoms with Crippen molar-refractivity contribution in [2.45, 2.75) is 36.6 Å². The predicted molar refractivity (Wildman–Crippen MR) is 98.1 cm³/mol. The average Bonchev–Trinajstić information content (AvgIpc) is 2.98. The smallest absolute Gasteiger partial charge is 0.243 e. The molecule has 1 fully saturated rings. The number of aliphatic hydroxyl groups excluding tert-OH is 1. The highest BCUT2D eigenvalue weighted by molar-refractivity contribution is 8.14. The summed E-state index contributed by atoms with van der Waals surface area (Å²) in [5.74, 6) is 0.729. The molecular formula is C16H23N3O3S2. The molecule has 0 aliphatic carbocycles. The first-order valence-corrected chi connectivity index (χ1v) is 10.6. The third kappa shape index (κ3) is 3.77. The van der Waals surface area contributed by atoms with Gasteiger partial charge in [-0.3, -0.25) is 4.99 Å². The van der Waals surface area contributed by atoms with Crippen molar-refractivity contribution < 1.29 is 13.5 Å². The molecule has 2 aliphatic heterocycles. The second-order valence-electron chi connectivity index (χ2n) is 6.47. The minimum absolute atomic E-state index is 0.0121. The van der Waals surface area contributed by atoms with Gasteiger partial charge in [-0.2, -0.15) is 4.31 Å². The van der Waals surface area contributed by atoms with E-state index in [0.717, 1.165) is 35.9 Å². The molecule has 6 nitrogen and oxygen atoms in total. The van der Waals surface area contributed by atoms with Crippen LogP contribution in [0.1, 0.15) is 26.2 Å². The Hall–Kier alpha value is -1.09. The van der Waals surface area contributed by atoms with Gasteiger partial charge in [-0.15, -0.1) is 0 Å². The molecule has 2 heterocycles. The van der Waals surface area contributed by atoms with E-state index in [-0.39, 0.29) is 6.61 Å². The molecule has 0 bridgehead atoms. The first-order chi connectivity index (χ1) is 11.4. The predicted octanol–water partition coefficient (Wildman–Crippen LogP) is 2.13. The highest BCUT2D eigenvalue weighted by Gasteiger charge is 2.30. The van der Waals surface area contributed by atoms with Crippen molar-refractivity contribution in [3.63, 3.8) is 0 Å². The fourth-order valence-electron chi connectivity index (χ4n) is 2.77. The monoisotopic (exact) mass is 369 g/mol. The number of hydrogen-bond donors (Lipinski definition) is 2. The fourth-order valence-corrected chi connectivity index (χ4v) is 5.36. The summed E-state index contributed by atoms with van der Waals surface area (Å²) in [5, 5.41) is 13.3. The van der Waals surface area contributed by atoms with E-state index in [2.05, 4.69) is 10.3 Å². The highest BCUT2D eigenvalue weighted by Crippen LogP contribution is 2.28. The van der Waals surface area contributed by atoms with Gasteiger partial charge in [0.2, 0.25) is 10.0 Å². The van der Waals surface area contributed by atoms with Crippen LogP contribution in [0.25, 0.3) is 0 Å². The number of rotatable bonds is 4. The summed E-state index contributed by atoms with van der Waals surface area (Å²) in [6, 6.07) is 6.79. The largest absolute Gasteiger partial charge is 0.394 e. The first kappa shape index (κ1) is 17.7. The van der Waals surface area contributed by atoms with Gasteiger partial charge in [0.05, 0.1) is 17.0 Å².